The average Bonchev–Trinajstić information content (AvgIpc) is 3.31. The van der Waals surface area contributed by atoms with E-state index >= 15 is 0 Å². The Kier molecular flexibility index (Phi) is 8.94. The first-order valence-corrected chi connectivity index (χ1v) is 16.4. The minimum Gasteiger partial charge on any atom is -0.482 e. The van der Waals surface area contributed by atoms with Gasteiger partial charge in [0.25, 0.3) is 8.32 Å². The Morgan fingerprint density at radius 1 is 0.953 bits per heavy atom. The summed E-state index contributed by atoms with van der Waals surface area (Å²) >= 11 is 0. The molecule has 9 heteroatoms. The fourth-order valence-corrected chi connectivity index (χ4v) is 10.9. The van der Waals surface area contributed by atoms with E-state index in [1.165, 1.54) is 17.3 Å². The summed E-state index contributed by atoms with van der Waals surface area (Å²) in [6.45, 7) is 7.74. The van der Waals surface area contributed by atoms with E-state index in [4.69, 9.17) is 28.5 Å². The fraction of sp³-hybridized carbons (Fsp3) is 0.353. The van der Waals surface area contributed by atoms with Gasteiger partial charge in [-0.15, -0.1) is 0 Å². The topological polar surface area (TPSA) is 101 Å². The summed E-state index contributed by atoms with van der Waals surface area (Å²) in [5.74, 6) is -0.470. The van der Waals surface area contributed by atoms with Crippen molar-refractivity contribution in [3.63, 3.8) is 0 Å². The van der Waals surface area contributed by atoms with E-state index in [0.717, 1.165) is 0 Å². The van der Waals surface area contributed by atoms with Crippen LogP contribution in [0.5, 0.6) is 17.2 Å². The van der Waals surface area contributed by atoms with Crippen molar-refractivity contribution in [3.8, 4) is 17.2 Å². The Balaban J connectivity index is 1.55. The van der Waals surface area contributed by atoms with Crippen LogP contribution in [-0.4, -0.2) is 56.9 Å². The summed E-state index contributed by atoms with van der Waals surface area (Å²) in [4.78, 5) is 22.6. The molecule has 0 radical (unpaired) electrons. The molecule has 2 aliphatic rings. The van der Waals surface area contributed by atoms with Gasteiger partial charge in [-0.05, 0) is 27.5 Å². The highest BCUT2D eigenvalue weighted by Gasteiger charge is 2.56. The molecule has 0 bridgehead atoms. The van der Waals surface area contributed by atoms with Crippen LogP contribution in [0, 0.1) is 5.92 Å². The Bertz CT molecular complexity index is 1410. The van der Waals surface area contributed by atoms with Crippen LogP contribution in [0.2, 0.25) is 5.04 Å². The number of hydrogen-bond donors (Lipinski definition) is 1. The van der Waals surface area contributed by atoms with E-state index in [9.17, 15) is 9.59 Å². The maximum absolute atomic E-state index is 11.4. The molecular weight excluding hydrogens is 564 g/mol. The number of esters is 1. The molecule has 1 N–H and O–H groups in total. The third-order valence-corrected chi connectivity index (χ3v) is 13.0. The van der Waals surface area contributed by atoms with Crippen molar-refractivity contribution in [2.45, 2.75) is 57.5 Å². The van der Waals surface area contributed by atoms with Crippen LogP contribution in [0.25, 0.3) is 0 Å². The summed E-state index contributed by atoms with van der Waals surface area (Å²) in [6.07, 6.45) is 3.31. The SMILES string of the molecule is CC(=O)OCC=C[C@@H]1[C@H]2Oc3cccc(OCC(=O)O)c3O[C@H]2C[C@H]1O[Si](c1ccccc1)(c1ccccc1)C(C)(C)C. The van der Waals surface area contributed by atoms with Crippen molar-refractivity contribution >= 4 is 30.6 Å². The fourth-order valence-electron chi connectivity index (χ4n) is 6.16. The molecular formula is C34H38O8Si. The highest BCUT2D eigenvalue weighted by atomic mass is 28.4. The lowest BCUT2D eigenvalue weighted by molar-refractivity contribution is -0.140. The van der Waals surface area contributed by atoms with Gasteiger partial charge < -0.3 is 28.5 Å². The third-order valence-electron chi connectivity index (χ3n) is 7.95. The van der Waals surface area contributed by atoms with Crippen molar-refractivity contribution in [1.29, 1.82) is 0 Å². The highest BCUT2D eigenvalue weighted by Crippen LogP contribution is 2.49. The number of carboxylic acids is 1. The normalized spacial score (nSPS) is 21.3. The number of fused-ring (bicyclic) bond motifs is 2. The molecule has 1 aliphatic heterocycles. The van der Waals surface area contributed by atoms with Crippen LogP contribution in [0.1, 0.15) is 34.1 Å². The first kappa shape index (κ1) is 30.4. The Hall–Kier alpha value is -4.08. The van der Waals surface area contributed by atoms with E-state index in [1.807, 2.05) is 24.3 Å². The maximum Gasteiger partial charge on any atom is 0.341 e. The zero-order valence-corrected chi connectivity index (χ0v) is 25.9. The van der Waals surface area contributed by atoms with Crippen LogP contribution < -0.4 is 24.6 Å². The number of rotatable bonds is 10. The summed E-state index contributed by atoms with van der Waals surface area (Å²) in [5, 5.41) is 11.2. The molecule has 1 heterocycles. The van der Waals surface area contributed by atoms with Gasteiger partial charge in [-0.25, -0.2) is 4.79 Å². The third kappa shape index (κ3) is 6.33. The van der Waals surface area contributed by atoms with Crippen LogP contribution in [0.4, 0.5) is 0 Å². The predicted octanol–water partition coefficient (Wildman–Crippen LogP) is 4.74. The molecule has 3 aromatic rings. The predicted molar refractivity (Wildman–Crippen MR) is 165 cm³/mol. The molecule has 5 rings (SSSR count). The van der Waals surface area contributed by atoms with Gasteiger partial charge in [-0.1, -0.05) is 99.7 Å². The zero-order valence-electron chi connectivity index (χ0n) is 24.9. The molecule has 1 fully saturated rings. The van der Waals surface area contributed by atoms with E-state index in [0.29, 0.717) is 23.7 Å². The first-order chi connectivity index (χ1) is 20.6. The number of carbonyl (C=O) groups is 2. The van der Waals surface area contributed by atoms with Gasteiger partial charge in [0.2, 0.25) is 5.75 Å². The molecule has 0 aromatic heterocycles. The maximum atomic E-state index is 11.4. The zero-order chi connectivity index (χ0) is 30.6. The summed E-state index contributed by atoms with van der Waals surface area (Å²) in [7, 11) is -2.92. The molecule has 226 valence electrons. The molecule has 1 aliphatic carbocycles. The molecule has 4 atom stereocenters. The summed E-state index contributed by atoms with van der Waals surface area (Å²) < 4.78 is 31.3. The van der Waals surface area contributed by atoms with Crippen molar-refractivity contribution in [2.75, 3.05) is 13.2 Å². The number of benzene rings is 3. The summed E-state index contributed by atoms with van der Waals surface area (Å²) in [5.41, 5.74) is 0. The van der Waals surface area contributed by atoms with Gasteiger partial charge >= 0.3 is 11.9 Å². The smallest absolute Gasteiger partial charge is 0.341 e. The number of carboxylic acid groups (broad SMARTS) is 1. The molecule has 1 saturated carbocycles. The van der Waals surface area contributed by atoms with Gasteiger partial charge in [0.05, 0.1) is 6.10 Å². The molecule has 8 nitrogen and oxygen atoms in total. The molecule has 43 heavy (non-hydrogen) atoms. The van der Waals surface area contributed by atoms with Crippen LogP contribution >= 0.6 is 0 Å². The number of carbonyl (C=O) groups excluding carboxylic acids is 1. The molecule has 0 unspecified atom stereocenters. The van der Waals surface area contributed by atoms with Crippen LogP contribution in [0.3, 0.4) is 0 Å². The number of hydrogen-bond acceptors (Lipinski definition) is 7. The van der Waals surface area contributed by atoms with E-state index in [1.54, 1.807) is 18.2 Å². The highest BCUT2D eigenvalue weighted by molar-refractivity contribution is 6.99. The Morgan fingerprint density at radius 3 is 2.19 bits per heavy atom. The number of para-hydroxylation sites is 1. The van der Waals surface area contributed by atoms with Gasteiger partial charge in [0.1, 0.15) is 18.8 Å². The second kappa shape index (κ2) is 12.6. The van der Waals surface area contributed by atoms with Crippen LogP contribution in [-0.2, 0) is 18.8 Å². The quantitative estimate of drug-likeness (QED) is 0.202. The lowest BCUT2D eigenvalue weighted by Gasteiger charge is -2.45. The molecule has 0 spiro atoms. The van der Waals surface area contributed by atoms with E-state index in [-0.39, 0.29) is 41.8 Å². The molecule has 0 amide bonds. The van der Waals surface area contributed by atoms with E-state index < -0.39 is 20.9 Å². The summed E-state index contributed by atoms with van der Waals surface area (Å²) in [6, 6.07) is 26.1. The second-order valence-corrected chi connectivity index (χ2v) is 16.1. The Morgan fingerprint density at radius 2 is 1.60 bits per heavy atom. The number of aliphatic carboxylic acids is 1. The van der Waals surface area contributed by atoms with Crippen molar-refractivity contribution in [3.05, 3.63) is 91.0 Å². The molecule has 3 aromatic carbocycles. The average molecular weight is 603 g/mol. The van der Waals surface area contributed by atoms with Crippen LogP contribution in [0.15, 0.2) is 91.0 Å². The largest absolute Gasteiger partial charge is 0.482 e. The minimum atomic E-state index is -2.92. The number of ether oxygens (including phenoxy) is 4. The molecule has 0 saturated heterocycles. The van der Waals surface area contributed by atoms with Crippen molar-refractivity contribution < 1.29 is 38.1 Å². The van der Waals surface area contributed by atoms with Gasteiger partial charge in [0, 0.05) is 19.3 Å². The Labute approximate surface area is 253 Å². The van der Waals surface area contributed by atoms with Gasteiger partial charge in [-0.2, -0.15) is 0 Å². The first-order valence-electron chi connectivity index (χ1n) is 14.5. The minimum absolute atomic E-state index is 0.139. The standard InChI is InChI=1S/C34H38O8Si/c1-23(35)38-20-12-17-26-29(21-30-32(26)40-28-19-11-18-27(33(28)41-30)39-22-31(36)37)42-43(34(2,3)4,24-13-7-5-8-14-24)25-15-9-6-10-16-25/h5-19,26,29-30,32H,20-22H2,1-4H3,(H,36,37)/t26-,29+,30-,32+/m0/s1. The second-order valence-electron chi connectivity index (χ2n) is 11.9. The van der Waals surface area contributed by atoms with Gasteiger partial charge in [0.15, 0.2) is 18.1 Å². The van der Waals surface area contributed by atoms with Crippen molar-refractivity contribution in [2.24, 2.45) is 5.92 Å². The van der Waals surface area contributed by atoms with Crippen molar-refractivity contribution in [1.82, 2.24) is 0 Å². The lowest BCUT2D eigenvalue weighted by atomic mass is 10.0. The lowest BCUT2D eigenvalue weighted by Crippen LogP contribution is -2.68. The van der Waals surface area contributed by atoms with E-state index in [2.05, 4.69) is 69.3 Å². The van der Waals surface area contributed by atoms with Gasteiger partial charge in [-0.3, -0.25) is 4.79 Å². The monoisotopic (exact) mass is 602 g/mol.